The summed E-state index contributed by atoms with van der Waals surface area (Å²) in [6.07, 6.45) is 4.88. The van der Waals surface area contributed by atoms with E-state index >= 15 is 0 Å². The second-order valence-electron chi connectivity index (χ2n) is 6.79. The van der Waals surface area contributed by atoms with Crippen molar-refractivity contribution in [1.82, 2.24) is 24.2 Å². The van der Waals surface area contributed by atoms with E-state index < -0.39 is 10.0 Å². The van der Waals surface area contributed by atoms with E-state index in [0.29, 0.717) is 16.8 Å². The van der Waals surface area contributed by atoms with Crippen LogP contribution in [0.2, 0.25) is 0 Å². The molecule has 0 bridgehead atoms. The third-order valence-corrected chi connectivity index (χ3v) is 6.48. The van der Waals surface area contributed by atoms with Gasteiger partial charge in [-0.15, -0.1) is 0 Å². The third-order valence-electron chi connectivity index (χ3n) is 4.64. The molecular weight excluding hydrogens is 402 g/mol. The molecule has 9 nitrogen and oxygen atoms in total. The number of rotatable bonds is 4. The van der Waals surface area contributed by atoms with Gasteiger partial charge in [-0.25, -0.2) is 27.7 Å². The van der Waals surface area contributed by atoms with Gasteiger partial charge in [0.1, 0.15) is 10.7 Å². The number of nitrogens with zero attached hydrogens (tertiary/aromatic N) is 5. The molecule has 1 aromatic carbocycles. The van der Waals surface area contributed by atoms with E-state index in [2.05, 4.69) is 19.9 Å². The van der Waals surface area contributed by atoms with Crippen LogP contribution in [0.15, 0.2) is 59.9 Å². The summed E-state index contributed by atoms with van der Waals surface area (Å²) in [6.45, 7) is 0. The van der Waals surface area contributed by atoms with Crippen LogP contribution in [-0.2, 0) is 10.0 Å². The molecule has 0 atom stereocenters. The Kier molecular flexibility index (Phi) is 4.80. The average molecular weight is 421 g/mol. The van der Waals surface area contributed by atoms with Crippen molar-refractivity contribution in [1.29, 1.82) is 0 Å². The highest BCUT2D eigenvalue weighted by Gasteiger charge is 2.22. The summed E-state index contributed by atoms with van der Waals surface area (Å²) in [5.41, 5.74) is 15.2. The molecule has 0 saturated heterocycles. The maximum atomic E-state index is 12.6. The van der Waals surface area contributed by atoms with E-state index in [-0.39, 0.29) is 16.7 Å². The molecule has 0 aliphatic heterocycles. The number of fused-ring (bicyclic) bond motifs is 1. The summed E-state index contributed by atoms with van der Waals surface area (Å²) in [6, 6.07) is 10.7. The largest absolute Gasteiger partial charge is 0.383 e. The van der Waals surface area contributed by atoms with Gasteiger partial charge in [0, 0.05) is 49.2 Å². The van der Waals surface area contributed by atoms with Gasteiger partial charge in [0.25, 0.3) is 0 Å². The van der Waals surface area contributed by atoms with E-state index in [0.717, 1.165) is 20.8 Å². The Bertz CT molecular complexity index is 1360. The monoisotopic (exact) mass is 421 g/mol. The highest BCUT2D eigenvalue weighted by Crippen LogP contribution is 2.32. The lowest BCUT2D eigenvalue weighted by Crippen LogP contribution is -2.23. The van der Waals surface area contributed by atoms with Gasteiger partial charge in [0.15, 0.2) is 0 Å². The Morgan fingerprint density at radius 3 is 2.33 bits per heavy atom. The van der Waals surface area contributed by atoms with Crippen LogP contribution in [0.25, 0.3) is 33.3 Å². The minimum atomic E-state index is -3.74. The first-order chi connectivity index (χ1) is 14.3. The zero-order chi connectivity index (χ0) is 21.5. The molecule has 0 aliphatic rings. The zero-order valence-corrected chi connectivity index (χ0v) is 17.1. The van der Waals surface area contributed by atoms with Crippen LogP contribution >= 0.6 is 0 Å². The zero-order valence-electron chi connectivity index (χ0n) is 16.3. The molecule has 10 heteroatoms. The van der Waals surface area contributed by atoms with Gasteiger partial charge in [-0.1, -0.05) is 6.07 Å². The van der Waals surface area contributed by atoms with E-state index in [4.69, 9.17) is 11.5 Å². The fourth-order valence-electron chi connectivity index (χ4n) is 3.07. The Hall–Kier alpha value is -3.63. The summed E-state index contributed by atoms with van der Waals surface area (Å²) in [5.74, 6) is 0.109. The summed E-state index contributed by atoms with van der Waals surface area (Å²) < 4.78 is 26.3. The van der Waals surface area contributed by atoms with Crippen molar-refractivity contribution < 1.29 is 8.42 Å². The minimum Gasteiger partial charge on any atom is -0.383 e. The van der Waals surface area contributed by atoms with Crippen LogP contribution in [0.4, 0.5) is 11.8 Å². The van der Waals surface area contributed by atoms with Crippen molar-refractivity contribution in [3.05, 3.63) is 55.0 Å². The number of benzene rings is 1. The highest BCUT2D eigenvalue weighted by molar-refractivity contribution is 7.89. The Morgan fingerprint density at radius 2 is 1.63 bits per heavy atom. The van der Waals surface area contributed by atoms with Crippen molar-refractivity contribution in [3.63, 3.8) is 0 Å². The molecule has 0 spiro atoms. The Labute approximate surface area is 173 Å². The Morgan fingerprint density at radius 1 is 0.900 bits per heavy atom. The van der Waals surface area contributed by atoms with E-state index in [1.165, 1.54) is 26.4 Å². The lowest BCUT2D eigenvalue weighted by Gasteiger charge is -2.14. The summed E-state index contributed by atoms with van der Waals surface area (Å²) in [5, 5.41) is 0.766. The molecule has 0 fully saturated rings. The molecule has 0 amide bonds. The first-order valence-electron chi connectivity index (χ1n) is 8.93. The molecular formula is C20H19N7O2S. The molecule has 4 rings (SSSR count). The number of nitrogens with two attached hydrogens (primary N) is 2. The van der Waals surface area contributed by atoms with Gasteiger partial charge in [0.2, 0.25) is 16.0 Å². The van der Waals surface area contributed by atoms with Crippen LogP contribution in [0.3, 0.4) is 0 Å². The SMILES string of the molecule is CN(C)S(=O)(=O)c1cc(-c2ccc3nc(N)nc(-c4ccncc4)c3c2)cnc1N. The lowest BCUT2D eigenvalue weighted by atomic mass is 10.0. The average Bonchev–Trinajstić information content (AvgIpc) is 2.73. The smallest absolute Gasteiger partial charge is 0.246 e. The molecule has 4 aromatic rings. The van der Waals surface area contributed by atoms with E-state index in [9.17, 15) is 8.42 Å². The van der Waals surface area contributed by atoms with Gasteiger partial charge >= 0.3 is 0 Å². The maximum absolute atomic E-state index is 12.6. The van der Waals surface area contributed by atoms with Crippen molar-refractivity contribution in [2.45, 2.75) is 4.90 Å². The van der Waals surface area contributed by atoms with Gasteiger partial charge in [-0.2, -0.15) is 0 Å². The Balaban J connectivity index is 1.93. The number of nitrogen functional groups attached to an aromatic ring is 2. The van der Waals surface area contributed by atoms with Crippen molar-refractivity contribution >= 4 is 32.7 Å². The molecule has 3 aromatic heterocycles. The number of hydrogen-bond acceptors (Lipinski definition) is 8. The summed E-state index contributed by atoms with van der Waals surface area (Å²) in [7, 11) is -0.850. The summed E-state index contributed by atoms with van der Waals surface area (Å²) in [4.78, 5) is 16.8. The first kappa shape index (κ1) is 19.7. The molecule has 0 saturated carbocycles. The van der Waals surface area contributed by atoms with Crippen molar-refractivity contribution in [3.8, 4) is 22.4 Å². The van der Waals surface area contributed by atoms with E-state index in [1.807, 2.05) is 30.3 Å². The minimum absolute atomic E-state index is 0.0481. The molecule has 4 N–H and O–H groups in total. The second kappa shape index (κ2) is 7.32. The summed E-state index contributed by atoms with van der Waals surface area (Å²) >= 11 is 0. The van der Waals surface area contributed by atoms with Crippen molar-refractivity contribution in [2.75, 3.05) is 25.6 Å². The van der Waals surface area contributed by atoms with Gasteiger partial charge in [0.05, 0.1) is 11.2 Å². The standard InChI is InChI=1S/C20H19N7O2S/c1-27(2)30(28,29)17-10-14(11-24-19(17)21)13-3-4-16-15(9-13)18(26-20(22)25-16)12-5-7-23-8-6-12/h3-11H,1-2H3,(H2,21,24)(H2,22,25,26). The normalized spacial score (nSPS) is 11.8. The first-order valence-corrected chi connectivity index (χ1v) is 10.4. The fourth-order valence-corrected chi connectivity index (χ4v) is 4.06. The molecule has 152 valence electrons. The molecule has 30 heavy (non-hydrogen) atoms. The van der Waals surface area contributed by atoms with Gasteiger partial charge < -0.3 is 11.5 Å². The number of anilines is 2. The molecule has 0 radical (unpaired) electrons. The fraction of sp³-hybridized carbons (Fsp3) is 0.100. The van der Waals surface area contributed by atoms with Crippen LogP contribution in [0, 0.1) is 0 Å². The third kappa shape index (κ3) is 3.42. The quantitative estimate of drug-likeness (QED) is 0.511. The van der Waals surface area contributed by atoms with E-state index in [1.54, 1.807) is 12.4 Å². The van der Waals surface area contributed by atoms with Gasteiger partial charge in [-0.3, -0.25) is 4.98 Å². The predicted molar refractivity (Wildman–Crippen MR) is 116 cm³/mol. The topological polar surface area (TPSA) is 141 Å². The maximum Gasteiger partial charge on any atom is 0.246 e. The van der Waals surface area contributed by atoms with Crippen LogP contribution in [0.1, 0.15) is 0 Å². The second-order valence-corrected chi connectivity index (χ2v) is 8.91. The number of pyridine rings is 2. The van der Waals surface area contributed by atoms with Crippen LogP contribution in [0.5, 0.6) is 0 Å². The molecule has 3 heterocycles. The van der Waals surface area contributed by atoms with Crippen LogP contribution in [-0.4, -0.2) is 46.8 Å². The number of sulfonamides is 1. The lowest BCUT2D eigenvalue weighted by molar-refractivity contribution is 0.521. The van der Waals surface area contributed by atoms with Crippen molar-refractivity contribution in [2.24, 2.45) is 0 Å². The molecule has 0 aliphatic carbocycles. The number of hydrogen-bond donors (Lipinski definition) is 2. The predicted octanol–water partition coefficient (Wildman–Crippen LogP) is 2.17. The molecule has 0 unspecified atom stereocenters. The number of aromatic nitrogens is 4. The highest BCUT2D eigenvalue weighted by atomic mass is 32.2. The van der Waals surface area contributed by atoms with Gasteiger partial charge in [-0.05, 0) is 35.9 Å². The van der Waals surface area contributed by atoms with Crippen LogP contribution < -0.4 is 11.5 Å².